The fraction of sp³-hybridized carbons (Fsp3) is 0.261. The minimum absolute atomic E-state index is 0.345. The van der Waals surface area contributed by atoms with Crippen molar-refractivity contribution in [1.29, 1.82) is 0 Å². The number of nitrogens with one attached hydrogen (secondary N) is 1. The van der Waals surface area contributed by atoms with Crippen molar-refractivity contribution in [2.45, 2.75) is 13.0 Å². The molecular formula is C23H25N5O5. The molecule has 10 heteroatoms. The molecule has 0 fully saturated rings. The van der Waals surface area contributed by atoms with Gasteiger partial charge in [-0.05, 0) is 31.2 Å². The molecule has 0 unspecified atom stereocenters. The first-order chi connectivity index (χ1) is 15.9. The van der Waals surface area contributed by atoms with Crippen LogP contribution in [-0.4, -0.2) is 49.1 Å². The summed E-state index contributed by atoms with van der Waals surface area (Å²) >= 11 is 0. The van der Waals surface area contributed by atoms with E-state index in [0.29, 0.717) is 57.2 Å². The highest BCUT2D eigenvalue weighted by Crippen LogP contribution is 2.43. The van der Waals surface area contributed by atoms with Crippen LogP contribution in [0.5, 0.6) is 23.0 Å². The molecule has 3 N–H and O–H groups in total. The molecule has 1 amide bonds. The fourth-order valence-corrected chi connectivity index (χ4v) is 3.98. The van der Waals surface area contributed by atoms with Crippen molar-refractivity contribution >= 4 is 11.9 Å². The third-order valence-corrected chi connectivity index (χ3v) is 5.49. The maximum atomic E-state index is 12.5. The predicted molar refractivity (Wildman–Crippen MR) is 122 cm³/mol. The van der Waals surface area contributed by atoms with Crippen LogP contribution in [-0.2, 0) is 4.79 Å². The second kappa shape index (κ2) is 8.73. The number of allylic oxidation sites excluding steroid dienone is 1. The minimum Gasteiger partial charge on any atom is -0.493 e. The minimum atomic E-state index is -0.676. The van der Waals surface area contributed by atoms with Crippen LogP contribution < -0.4 is 30.0 Å². The van der Waals surface area contributed by atoms with Crippen LogP contribution in [0.25, 0.3) is 11.4 Å². The van der Waals surface area contributed by atoms with E-state index < -0.39 is 11.9 Å². The number of benzene rings is 2. The Bertz CT molecular complexity index is 1250. The number of fused-ring (bicyclic) bond motifs is 1. The Kier molecular flexibility index (Phi) is 5.82. The van der Waals surface area contributed by atoms with E-state index in [1.165, 1.54) is 0 Å². The Morgan fingerprint density at radius 2 is 1.73 bits per heavy atom. The lowest BCUT2D eigenvalue weighted by Crippen LogP contribution is -2.32. The van der Waals surface area contributed by atoms with Gasteiger partial charge in [0.15, 0.2) is 28.8 Å². The Morgan fingerprint density at radius 3 is 2.36 bits per heavy atom. The maximum absolute atomic E-state index is 12.5. The SMILES string of the molecule is COc1ccc(-c2nc3n(n2)[C@H](c2cccc(OC)c2OC)C(C(N)=O)=C(C)N3)cc1OC. The van der Waals surface area contributed by atoms with E-state index in [4.69, 9.17) is 29.8 Å². The van der Waals surface area contributed by atoms with E-state index in [1.54, 1.807) is 58.2 Å². The van der Waals surface area contributed by atoms with Crippen molar-refractivity contribution in [3.63, 3.8) is 0 Å². The number of ether oxygens (including phenoxy) is 4. The fourth-order valence-electron chi connectivity index (χ4n) is 3.98. The predicted octanol–water partition coefficient (Wildman–Crippen LogP) is 2.75. The molecule has 10 nitrogen and oxygen atoms in total. The lowest BCUT2D eigenvalue weighted by molar-refractivity contribution is -0.115. The molecule has 4 rings (SSSR count). The number of hydrogen-bond donors (Lipinski definition) is 2. The zero-order valence-electron chi connectivity index (χ0n) is 19.0. The first-order valence-corrected chi connectivity index (χ1v) is 10.1. The van der Waals surface area contributed by atoms with Gasteiger partial charge < -0.3 is 30.0 Å². The van der Waals surface area contributed by atoms with E-state index in [9.17, 15) is 4.79 Å². The van der Waals surface area contributed by atoms with Crippen molar-refractivity contribution < 1.29 is 23.7 Å². The van der Waals surface area contributed by atoms with Gasteiger partial charge in [0.25, 0.3) is 0 Å². The summed E-state index contributed by atoms with van der Waals surface area (Å²) in [6, 6.07) is 10.2. The zero-order chi connectivity index (χ0) is 23.7. The van der Waals surface area contributed by atoms with Crippen LogP contribution in [0.1, 0.15) is 18.5 Å². The van der Waals surface area contributed by atoms with Gasteiger partial charge in [-0.3, -0.25) is 4.79 Å². The van der Waals surface area contributed by atoms with Gasteiger partial charge in [-0.2, -0.15) is 4.98 Å². The van der Waals surface area contributed by atoms with Crippen molar-refractivity contribution in [2.24, 2.45) is 5.73 Å². The number of nitrogens with zero attached hydrogens (tertiary/aromatic N) is 3. The number of hydrogen-bond acceptors (Lipinski definition) is 8. The molecule has 0 aliphatic carbocycles. The van der Waals surface area contributed by atoms with Crippen molar-refractivity contribution in [1.82, 2.24) is 14.8 Å². The van der Waals surface area contributed by atoms with Gasteiger partial charge in [-0.25, -0.2) is 4.68 Å². The van der Waals surface area contributed by atoms with E-state index in [0.717, 1.165) is 0 Å². The van der Waals surface area contributed by atoms with Crippen molar-refractivity contribution in [2.75, 3.05) is 33.8 Å². The average molecular weight is 451 g/mol. The van der Waals surface area contributed by atoms with E-state index in [-0.39, 0.29) is 0 Å². The summed E-state index contributed by atoms with van der Waals surface area (Å²) in [6.45, 7) is 1.77. The molecule has 3 aromatic rings. The number of amides is 1. The third kappa shape index (κ3) is 3.69. The third-order valence-electron chi connectivity index (χ3n) is 5.49. The first kappa shape index (κ1) is 22.0. The Hall–Kier alpha value is -4.21. The Labute approximate surface area is 190 Å². The van der Waals surface area contributed by atoms with Gasteiger partial charge in [0.05, 0.1) is 34.0 Å². The number of primary amides is 1. The maximum Gasteiger partial charge on any atom is 0.248 e. The summed E-state index contributed by atoms with van der Waals surface area (Å²) in [4.78, 5) is 17.2. The molecule has 172 valence electrons. The number of aromatic nitrogens is 3. The molecule has 0 bridgehead atoms. The molecule has 2 aromatic carbocycles. The smallest absolute Gasteiger partial charge is 0.248 e. The molecular weight excluding hydrogens is 426 g/mol. The summed E-state index contributed by atoms with van der Waals surface area (Å²) in [6.07, 6.45) is 0. The second-order valence-corrected chi connectivity index (χ2v) is 7.29. The quantitative estimate of drug-likeness (QED) is 0.562. The number of nitrogens with two attached hydrogens (primary N) is 1. The number of carbonyl (C=O) groups is 1. The molecule has 1 aromatic heterocycles. The second-order valence-electron chi connectivity index (χ2n) is 7.29. The summed E-state index contributed by atoms with van der Waals surface area (Å²) in [5, 5.41) is 7.85. The van der Waals surface area contributed by atoms with E-state index in [1.807, 2.05) is 18.2 Å². The molecule has 33 heavy (non-hydrogen) atoms. The Balaban J connectivity index is 1.91. The topological polar surface area (TPSA) is 123 Å². The van der Waals surface area contributed by atoms with E-state index in [2.05, 4.69) is 10.3 Å². The summed E-state index contributed by atoms with van der Waals surface area (Å²) in [5.41, 5.74) is 8.09. The van der Waals surface area contributed by atoms with Crippen LogP contribution in [0.2, 0.25) is 0 Å². The number of para-hydroxylation sites is 1. The Morgan fingerprint density at radius 1 is 1.00 bits per heavy atom. The average Bonchev–Trinajstić information content (AvgIpc) is 3.25. The monoisotopic (exact) mass is 451 g/mol. The summed E-state index contributed by atoms with van der Waals surface area (Å²) in [7, 11) is 6.23. The lowest BCUT2D eigenvalue weighted by atomic mass is 9.94. The zero-order valence-corrected chi connectivity index (χ0v) is 19.0. The number of rotatable bonds is 7. The number of methoxy groups -OCH3 is 4. The van der Waals surface area contributed by atoms with Gasteiger partial charge in [0, 0.05) is 16.8 Å². The number of anilines is 1. The molecule has 0 radical (unpaired) electrons. The molecule has 2 heterocycles. The normalized spacial score (nSPS) is 14.9. The van der Waals surface area contributed by atoms with Gasteiger partial charge in [0.1, 0.15) is 6.04 Å². The van der Waals surface area contributed by atoms with Crippen molar-refractivity contribution in [3.8, 4) is 34.4 Å². The standard InChI is InChI=1S/C23H25N5O5/c1-12-18(21(24)29)19(14-7-6-8-16(31-3)20(14)33-5)28-23(25-12)26-22(27-28)13-9-10-15(30-2)17(11-13)32-4/h6-11,19H,1-5H3,(H2,24,29)(H,25,26,27)/t19-/m1/s1. The van der Waals surface area contributed by atoms with Crippen LogP contribution in [0.15, 0.2) is 47.7 Å². The molecule has 1 aliphatic rings. The van der Waals surface area contributed by atoms with Gasteiger partial charge in [-0.15, -0.1) is 5.10 Å². The van der Waals surface area contributed by atoms with Gasteiger partial charge in [0.2, 0.25) is 11.9 Å². The first-order valence-electron chi connectivity index (χ1n) is 10.1. The highest BCUT2D eigenvalue weighted by Gasteiger charge is 2.36. The molecule has 0 saturated heterocycles. The lowest BCUT2D eigenvalue weighted by Gasteiger charge is -2.29. The highest BCUT2D eigenvalue weighted by atomic mass is 16.5. The van der Waals surface area contributed by atoms with Crippen LogP contribution in [0.3, 0.4) is 0 Å². The summed E-state index contributed by atoms with van der Waals surface area (Å²) < 4.78 is 23.4. The number of carbonyl (C=O) groups excluding carboxylic acids is 1. The van der Waals surface area contributed by atoms with Crippen LogP contribution in [0, 0.1) is 0 Å². The molecule has 1 atom stereocenters. The molecule has 0 spiro atoms. The largest absolute Gasteiger partial charge is 0.493 e. The van der Waals surface area contributed by atoms with Gasteiger partial charge in [-0.1, -0.05) is 12.1 Å². The van der Waals surface area contributed by atoms with E-state index >= 15 is 0 Å². The summed E-state index contributed by atoms with van der Waals surface area (Å²) in [5.74, 6) is 2.46. The molecule has 0 saturated carbocycles. The van der Waals surface area contributed by atoms with Crippen LogP contribution in [0.4, 0.5) is 5.95 Å². The van der Waals surface area contributed by atoms with Crippen molar-refractivity contribution in [3.05, 3.63) is 53.2 Å². The van der Waals surface area contributed by atoms with Gasteiger partial charge >= 0.3 is 0 Å². The highest BCUT2D eigenvalue weighted by molar-refractivity contribution is 5.95. The van der Waals surface area contributed by atoms with Crippen LogP contribution >= 0.6 is 0 Å². The molecule has 1 aliphatic heterocycles.